The fourth-order valence-corrected chi connectivity index (χ4v) is 10.9. The third kappa shape index (κ3) is 4.67. The number of hydrogen-bond donors (Lipinski definition) is 1. The molecule has 5 aliphatic rings. The molecule has 4 unspecified atom stereocenters. The minimum absolute atomic E-state index is 0.0167. The van der Waals surface area contributed by atoms with Gasteiger partial charge in [-0.15, -0.1) is 0 Å². The molecule has 4 fully saturated rings. The predicted molar refractivity (Wildman–Crippen MR) is 186 cm³/mol. The number of carbonyl (C=O) groups is 2. The first kappa shape index (κ1) is 31.8. The van der Waals surface area contributed by atoms with Crippen molar-refractivity contribution in [3.63, 3.8) is 0 Å². The summed E-state index contributed by atoms with van der Waals surface area (Å²) in [4.78, 5) is 33.5. The second kappa shape index (κ2) is 11.6. The van der Waals surface area contributed by atoms with Crippen LogP contribution in [0.5, 0.6) is 5.75 Å². The van der Waals surface area contributed by atoms with Crippen LogP contribution in [-0.2, 0) is 20.5 Å². The Morgan fingerprint density at radius 2 is 1.69 bits per heavy atom. The topological polar surface area (TPSA) is 104 Å². The van der Waals surface area contributed by atoms with E-state index in [1.54, 1.807) is 27.0 Å². The third-order valence-electron chi connectivity index (χ3n) is 12.0. The van der Waals surface area contributed by atoms with Crippen molar-refractivity contribution in [1.82, 2.24) is 23.4 Å². The number of nitrogens with zero attached hydrogens (tertiary/aromatic N) is 4. The Hall–Kier alpha value is -3.41. The van der Waals surface area contributed by atoms with Crippen molar-refractivity contribution in [3.05, 3.63) is 53.1 Å². The molecule has 2 amide bonds. The van der Waals surface area contributed by atoms with Crippen LogP contribution in [0.15, 0.2) is 36.4 Å². The van der Waals surface area contributed by atoms with E-state index in [1.165, 1.54) is 21.9 Å². The summed E-state index contributed by atoms with van der Waals surface area (Å²) in [5.74, 6) is 0.631. The fraction of sp³-hybridized carbons (Fsp3) is 0.568. The molecule has 8 rings (SSSR count). The quantitative estimate of drug-likeness (QED) is 0.354. The number of piperazine rings is 1. The number of likely N-dealkylation sites (N-methyl/N-ethyl adjacent to an activating group) is 1. The number of nitrogens with one attached hydrogen (secondary N) is 1. The van der Waals surface area contributed by atoms with Crippen LogP contribution in [0.3, 0.4) is 0 Å². The van der Waals surface area contributed by atoms with E-state index >= 15 is 4.79 Å². The highest BCUT2D eigenvalue weighted by Gasteiger charge is 2.68. The highest BCUT2D eigenvalue weighted by molar-refractivity contribution is 7.87. The summed E-state index contributed by atoms with van der Waals surface area (Å²) in [6, 6.07) is 12.3. The molecule has 2 bridgehead atoms. The maximum Gasteiger partial charge on any atom is 0.304 e. The lowest BCUT2D eigenvalue weighted by atomic mass is 9.80. The highest BCUT2D eigenvalue weighted by Crippen LogP contribution is 2.67. The van der Waals surface area contributed by atoms with Gasteiger partial charge in [-0.3, -0.25) is 9.59 Å². The van der Waals surface area contributed by atoms with Gasteiger partial charge in [0.2, 0.25) is 5.91 Å². The standard InChI is InChI=1S/C37H47N5O5S/c1-5-40(6-2)48(45,46)38-35(43)24-12-16-29-32(18-24)42-34(33(29)23-10-8-7-9-11-23)28-17-15-27(47-4)19-30(28)31-20-37(31,42)36(44)41-25-13-14-26(41)22-39(3)21-25/h12,15-19,23,25-26,31H,5-11,13-14,20-22H2,1-4H3,(H,38,43). The molecule has 4 atom stereocenters. The number of fused-ring (bicyclic) bond motifs is 10. The van der Waals surface area contributed by atoms with Crippen LogP contribution in [0.25, 0.3) is 22.2 Å². The van der Waals surface area contributed by atoms with Crippen LogP contribution in [0, 0.1) is 0 Å². The summed E-state index contributed by atoms with van der Waals surface area (Å²) in [7, 11) is -0.163. The lowest BCUT2D eigenvalue weighted by Gasteiger charge is -2.43. The zero-order chi connectivity index (χ0) is 33.5. The number of rotatable bonds is 8. The van der Waals surface area contributed by atoms with Crippen molar-refractivity contribution in [2.24, 2.45) is 0 Å². The monoisotopic (exact) mass is 673 g/mol. The summed E-state index contributed by atoms with van der Waals surface area (Å²) >= 11 is 0. The summed E-state index contributed by atoms with van der Waals surface area (Å²) in [5.41, 5.74) is 4.96. The van der Waals surface area contributed by atoms with Gasteiger partial charge in [0.1, 0.15) is 11.3 Å². The van der Waals surface area contributed by atoms with Crippen LogP contribution in [-0.4, -0.2) is 91.3 Å². The predicted octanol–water partition coefficient (Wildman–Crippen LogP) is 5.18. The minimum atomic E-state index is -4.00. The smallest absolute Gasteiger partial charge is 0.304 e. The molecule has 3 aromatic rings. The Kier molecular flexibility index (Phi) is 7.69. The van der Waals surface area contributed by atoms with E-state index in [9.17, 15) is 13.2 Å². The Morgan fingerprint density at radius 1 is 0.979 bits per heavy atom. The zero-order valence-corrected chi connectivity index (χ0v) is 29.3. The number of methoxy groups -OCH3 is 1. The average Bonchev–Trinajstić information content (AvgIpc) is 3.67. The first-order valence-electron chi connectivity index (χ1n) is 17.8. The fourth-order valence-electron chi connectivity index (χ4n) is 9.78. The number of aromatic nitrogens is 1. The first-order chi connectivity index (χ1) is 23.1. The Morgan fingerprint density at radius 3 is 2.35 bits per heavy atom. The van der Waals surface area contributed by atoms with Crippen molar-refractivity contribution < 1.29 is 22.7 Å². The van der Waals surface area contributed by atoms with Gasteiger partial charge in [-0.2, -0.15) is 12.7 Å². The van der Waals surface area contributed by atoms with Crippen LogP contribution < -0.4 is 9.46 Å². The van der Waals surface area contributed by atoms with Crippen molar-refractivity contribution >= 4 is 32.9 Å². The molecule has 10 nitrogen and oxygen atoms in total. The summed E-state index contributed by atoms with van der Waals surface area (Å²) in [6.45, 7) is 5.79. The van der Waals surface area contributed by atoms with Crippen molar-refractivity contribution in [2.75, 3.05) is 40.3 Å². The Balaban J connectivity index is 1.34. The molecule has 4 heterocycles. The van der Waals surface area contributed by atoms with E-state index in [1.807, 2.05) is 18.2 Å². The number of ether oxygens (including phenoxy) is 1. The van der Waals surface area contributed by atoms with Crippen LogP contribution >= 0.6 is 0 Å². The molecule has 11 heteroatoms. The van der Waals surface area contributed by atoms with Gasteiger partial charge in [-0.1, -0.05) is 39.2 Å². The maximum absolute atomic E-state index is 15.3. The Labute approximate surface area is 283 Å². The van der Waals surface area contributed by atoms with Gasteiger partial charge in [-0.25, -0.2) is 4.72 Å². The largest absolute Gasteiger partial charge is 0.497 e. The van der Waals surface area contributed by atoms with Crippen molar-refractivity contribution in [3.8, 4) is 17.0 Å². The lowest BCUT2D eigenvalue weighted by Crippen LogP contribution is -2.58. The van der Waals surface area contributed by atoms with Gasteiger partial charge >= 0.3 is 10.2 Å². The van der Waals surface area contributed by atoms with Crippen LogP contribution in [0.4, 0.5) is 0 Å². The second-order valence-electron chi connectivity index (χ2n) is 14.6. The molecule has 0 radical (unpaired) electrons. The highest BCUT2D eigenvalue weighted by atomic mass is 32.2. The number of likely N-dealkylation sites (tertiary alicyclic amines) is 1. The number of hydrogen-bond acceptors (Lipinski definition) is 6. The molecule has 256 valence electrons. The molecule has 48 heavy (non-hydrogen) atoms. The normalized spacial score (nSPS) is 26.7. The lowest BCUT2D eigenvalue weighted by molar-refractivity contribution is -0.142. The molecule has 2 saturated heterocycles. The van der Waals surface area contributed by atoms with Crippen molar-refractivity contribution in [2.45, 2.75) is 94.7 Å². The SMILES string of the molecule is CCN(CC)S(=O)(=O)NC(=O)c1ccc2c(C3CCCCC3)c3n(c2c1)C1(C(=O)N2C4CCC2CN(C)C4)CC1c1cc(OC)ccc1-3. The van der Waals surface area contributed by atoms with Crippen molar-refractivity contribution in [1.29, 1.82) is 0 Å². The van der Waals surface area contributed by atoms with Gasteiger partial charge in [0, 0.05) is 60.7 Å². The van der Waals surface area contributed by atoms with Gasteiger partial charge in [0.25, 0.3) is 5.91 Å². The Bertz CT molecular complexity index is 1900. The van der Waals surface area contributed by atoms with Gasteiger partial charge < -0.3 is 19.1 Å². The number of carbonyl (C=O) groups excluding carboxylic acids is 2. The summed E-state index contributed by atoms with van der Waals surface area (Å²) < 4.78 is 37.7. The number of amides is 2. The van der Waals surface area contributed by atoms with E-state index in [4.69, 9.17) is 4.74 Å². The summed E-state index contributed by atoms with van der Waals surface area (Å²) in [6.07, 6.45) is 8.42. The van der Waals surface area contributed by atoms with E-state index in [-0.39, 0.29) is 42.6 Å². The molecule has 1 aromatic heterocycles. The molecular formula is C37H47N5O5S. The molecule has 2 saturated carbocycles. The number of benzene rings is 2. The molecular weight excluding hydrogens is 627 g/mol. The van der Waals surface area contributed by atoms with E-state index in [2.05, 4.69) is 38.3 Å². The molecule has 3 aliphatic heterocycles. The molecule has 0 spiro atoms. The van der Waals surface area contributed by atoms with E-state index < -0.39 is 21.7 Å². The van der Waals surface area contributed by atoms with Crippen LogP contribution in [0.2, 0.25) is 0 Å². The minimum Gasteiger partial charge on any atom is -0.497 e. The molecule has 1 N–H and O–H groups in total. The second-order valence-corrected chi connectivity index (χ2v) is 16.3. The third-order valence-corrected chi connectivity index (χ3v) is 13.7. The maximum atomic E-state index is 15.3. The van der Waals surface area contributed by atoms with Gasteiger partial charge in [-0.05, 0) is 86.5 Å². The van der Waals surface area contributed by atoms with Gasteiger partial charge in [0.05, 0.1) is 18.3 Å². The van der Waals surface area contributed by atoms with E-state index in [0.29, 0.717) is 12.3 Å². The summed E-state index contributed by atoms with van der Waals surface area (Å²) in [5, 5.41) is 1.06. The van der Waals surface area contributed by atoms with Gasteiger partial charge in [0.15, 0.2) is 0 Å². The zero-order valence-electron chi connectivity index (χ0n) is 28.5. The average molecular weight is 674 g/mol. The van der Waals surface area contributed by atoms with Crippen LogP contribution in [0.1, 0.15) is 98.5 Å². The first-order valence-corrected chi connectivity index (χ1v) is 19.3. The molecule has 2 aliphatic carbocycles. The molecule has 2 aromatic carbocycles. The van der Waals surface area contributed by atoms with E-state index in [0.717, 1.165) is 79.5 Å².